The molecule has 0 aromatic heterocycles. The lowest BCUT2D eigenvalue weighted by Gasteiger charge is -2.28. The number of methoxy groups -OCH3 is 1. The quantitative estimate of drug-likeness (QED) is 0.651. The van der Waals surface area contributed by atoms with Gasteiger partial charge in [0.15, 0.2) is 0 Å². The number of hydrogen-bond acceptors (Lipinski definition) is 3. The van der Waals surface area contributed by atoms with Crippen LogP contribution < -0.4 is 0 Å². The molecule has 0 aliphatic heterocycles. The Labute approximate surface area is 84.8 Å². The molecule has 0 N–H and O–H groups in total. The van der Waals surface area contributed by atoms with E-state index in [0.717, 1.165) is 25.7 Å². The zero-order valence-electron chi connectivity index (χ0n) is 8.91. The minimum absolute atomic E-state index is 0.0438. The molecule has 0 aromatic carbocycles. The first-order valence-corrected chi connectivity index (χ1v) is 5.22. The van der Waals surface area contributed by atoms with Crippen molar-refractivity contribution in [2.24, 2.45) is 11.8 Å². The lowest BCUT2D eigenvalue weighted by atomic mass is 9.77. The Bertz CT molecular complexity index is 223. The third-order valence-electron chi connectivity index (χ3n) is 2.96. The summed E-state index contributed by atoms with van der Waals surface area (Å²) in [6.07, 6.45) is 4.60. The normalized spacial score (nSPS) is 27.0. The van der Waals surface area contributed by atoms with E-state index >= 15 is 0 Å². The van der Waals surface area contributed by atoms with Crippen LogP contribution in [0, 0.1) is 11.8 Å². The van der Waals surface area contributed by atoms with E-state index in [4.69, 9.17) is 4.74 Å². The second-order valence-electron chi connectivity index (χ2n) is 4.08. The van der Waals surface area contributed by atoms with Gasteiger partial charge in [0.2, 0.25) is 0 Å². The standard InChI is InChI=1S/C11H18O3/c1-8(12)7-9-5-3-4-6-10(9)11(13)14-2/h9-10H,3-7H2,1-2H3/t9-,10-/m0/s1. The largest absolute Gasteiger partial charge is 0.469 e. The molecule has 0 bridgehead atoms. The van der Waals surface area contributed by atoms with Crippen LogP contribution in [-0.4, -0.2) is 18.9 Å². The summed E-state index contributed by atoms with van der Waals surface area (Å²) in [5.74, 6) is 0.202. The number of ether oxygens (including phenoxy) is 1. The minimum atomic E-state index is -0.143. The summed E-state index contributed by atoms with van der Waals surface area (Å²) >= 11 is 0. The summed E-state index contributed by atoms with van der Waals surface area (Å²) in [7, 11) is 1.42. The number of hydrogen-bond donors (Lipinski definition) is 0. The zero-order chi connectivity index (χ0) is 10.6. The van der Waals surface area contributed by atoms with Gasteiger partial charge in [0.1, 0.15) is 5.78 Å². The molecule has 0 saturated heterocycles. The summed E-state index contributed by atoms with van der Waals surface area (Å²) in [6.45, 7) is 1.59. The van der Waals surface area contributed by atoms with E-state index in [9.17, 15) is 9.59 Å². The molecule has 1 fully saturated rings. The van der Waals surface area contributed by atoms with Gasteiger partial charge in [-0.05, 0) is 25.7 Å². The fraction of sp³-hybridized carbons (Fsp3) is 0.818. The van der Waals surface area contributed by atoms with Gasteiger partial charge in [0.05, 0.1) is 13.0 Å². The third kappa shape index (κ3) is 2.82. The van der Waals surface area contributed by atoms with Crippen LogP contribution in [0.4, 0.5) is 0 Å². The second-order valence-corrected chi connectivity index (χ2v) is 4.08. The molecule has 0 unspecified atom stereocenters. The molecule has 14 heavy (non-hydrogen) atoms. The van der Waals surface area contributed by atoms with Crippen LogP contribution in [-0.2, 0) is 14.3 Å². The molecule has 2 atom stereocenters. The van der Waals surface area contributed by atoms with Gasteiger partial charge in [-0.15, -0.1) is 0 Å². The lowest BCUT2D eigenvalue weighted by molar-refractivity contribution is -0.149. The van der Waals surface area contributed by atoms with E-state index in [1.807, 2.05) is 0 Å². The number of esters is 1. The van der Waals surface area contributed by atoms with Crippen LogP contribution in [0.25, 0.3) is 0 Å². The first-order valence-electron chi connectivity index (χ1n) is 5.22. The zero-order valence-corrected chi connectivity index (χ0v) is 8.91. The first-order chi connectivity index (χ1) is 6.65. The molecule has 0 spiro atoms. The SMILES string of the molecule is COC(=O)[C@H]1CCCC[C@H]1CC(C)=O. The maximum absolute atomic E-state index is 11.4. The molecule has 1 aliphatic rings. The Morgan fingerprint density at radius 3 is 2.50 bits per heavy atom. The van der Waals surface area contributed by atoms with Crippen molar-refractivity contribution < 1.29 is 14.3 Å². The van der Waals surface area contributed by atoms with Gasteiger partial charge in [-0.3, -0.25) is 4.79 Å². The molecule has 0 amide bonds. The van der Waals surface area contributed by atoms with Crippen LogP contribution in [0.5, 0.6) is 0 Å². The van der Waals surface area contributed by atoms with E-state index in [0.29, 0.717) is 6.42 Å². The highest BCUT2D eigenvalue weighted by Gasteiger charge is 2.32. The van der Waals surface area contributed by atoms with E-state index < -0.39 is 0 Å². The molecule has 0 aromatic rings. The van der Waals surface area contributed by atoms with E-state index in [1.165, 1.54) is 7.11 Å². The first kappa shape index (κ1) is 11.2. The number of carbonyl (C=O) groups excluding carboxylic acids is 2. The van der Waals surface area contributed by atoms with Crippen LogP contribution >= 0.6 is 0 Å². The molecule has 0 radical (unpaired) electrons. The van der Waals surface area contributed by atoms with Crippen molar-refractivity contribution in [3.8, 4) is 0 Å². The predicted molar refractivity (Wildman–Crippen MR) is 52.8 cm³/mol. The van der Waals surface area contributed by atoms with Crippen molar-refractivity contribution in [3.05, 3.63) is 0 Å². The predicted octanol–water partition coefficient (Wildman–Crippen LogP) is 1.94. The van der Waals surface area contributed by atoms with Crippen LogP contribution in [0.15, 0.2) is 0 Å². The Hall–Kier alpha value is -0.860. The summed E-state index contributed by atoms with van der Waals surface area (Å²) in [5, 5.41) is 0. The monoisotopic (exact) mass is 198 g/mol. The van der Waals surface area contributed by atoms with Gasteiger partial charge in [-0.1, -0.05) is 12.8 Å². The molecular formula is C11H18O3. The Kier molecular flexibility index (Phi) is 4.11. The molecular weight excluding hydrogens is 180 g/mol. The Balaban J connectivity index is 2.58. The summed E-state index contributed by atoms with van der Waals surface area (Å²) in [5.41, 5.74) is 0. The van der Waals surface area contributed by atoms with Crippen molar-refractivity contribution in [1.29, 1.82) is 0 Å². The van der Waals surface area contributed by atoms with Crippen LogP contribution in [0.2, 0.25) is 0 Å². The van der Waals surface area contributed by atoms with E-state index in [2.05, 4.69) is 0 Å². The average molecular weight is 198 g/mol. The molecule has 1 aliphatic carbocycles. The van der Waals surface area contributed by atoms with Crippen molar-refractivity contribution >= 4 is 11.8 Å². The second kappa shape index (κ2) is 5.13. The number of rotatable bonds is 3. The summed E-state index contributed by atoms with van der Waals surface area (Å²) < 4.78 is 4.75. The van der Waals surface area contributed by atoms with E-state index in [1.54, 1.807) is 6.92 Å². The van der Waals surface area contributed by atoms with Crippen LogP contribution in [0.1, 0.15) is 39.0 Å². The van der Waals surface area contributed by atoms with E-state index in [-0.39, 0.29) is 23.6 Å². The third-order valence-corrected chi connectivity index (χ3v) is 2.96. The highest BCUT2D eigenvalue weighted by molar-refractivity contribution is 5.78. The highest BCUT2D eigenvalue weighted by atomic mass is 16.5. The van der Waals surface area contributed by atoms with Gasteiger partial charge >= 0.3 is 5.97 Å². The maximum atomic E-state index is 11.4. The van der Waals surface area contributed by atoms with Gasteiger partial charge in [0, 0.05) is 6.42 Å². The Morgan fingerprint density at radius 2 is 1.93 bits per heavy atom. The molecule has 1 rings (SSSR count). The molecule has 1 saturated carbocycles. The van der Waals surface area contributed by atoms with Crippen molar-refractivity contribution in [1.82, 2.24) is 0 Å². The lowest BCUT2D eigenvalue weighted by Crippen LogP contribution is -2.29. The summed E-state index contributed by atoms with van der Waals surface area (Å²) in [6, 6.07) is 0. The molecule has 3 heteroatoms. The van der Waals surface area contributed by atoms with Crippen LogP contribution in [0.3, 0.4) is 0 Å². The molecule has 80 valence electrons. The number of Topliss-reactive ketones (excluding diaryl/α,β-unsaturated/α-hetero) is 1. The topological polar surface area (TPSA) is 43.4 Å². The Morgan fingerprint density at radius 1 is 1.29 bits per heavy atom. The average Bonchev–Trinajstić information content (AvgIpc) is 2.16. The van der Waals surface area contributed by atoms with Gasteiger partial charge < -0.3 is 9.53 Å². The fourth-order valence-electron chi connectivity index (χ4n) is 2.28. The maximum Gasteiger partial charge on any atom is 0.308 e. The fourth-order valence-corrected chi connectivity index (χ4v) is 2.28. The van der Waals surface area contributed by atoms with Crippen molar-refractivity contribution in [2.75, 3.05) is 7.11 Å². The minimum Gasteiger partial charge on any atom is -0.469 e. The smallest absolute Gasteiger partial charge is 0.308 e. The van der Waals surface area contributed by atoms with Crippen molar-refractivity contribution in [2.45, 2.75) is 39.0 Å². The van der Waals surface area contributed by atoms with Crippen molar-refractivity contribution in [3.63, 3.8) is 0 Å². The molecule has 3 nitrogen and oxygen atoms in total. The number of ketones is 1. The van der Waals surface area contributed by atoms with Gasteiger partial charge in [-0.2, -0.15) is 0 Å². The molecule has 0 heterocycles. The summed E-state index contributed by atoms with van der Waals surface area (Å²) in [4.78, 5) is 22.4. The highest BCUT2D eigenvalue weighted by Crippen LogP contribution is 2.33. The number of carbonyl (C=O) groups is 2. The van der Waals surface area contributed by atoms with Gasteiger partial charge in [0.25, 0.3) is 0 Å². The van der Waals surface area contributed by atoms with Gasteiger partial charge in [-0.25, -0.2) is 0 Å².